The van der Waals surface area contributed by atoms with Crippen LogP contribution in [0.2, 0.25) is 0 Å². The van der Waals surface area contributed by atoms with Gasteiger partial charge in [0.05, 0.1) is 11.4 Å². The van der Waals surface area contributed by atoms with Gasteiger partial charge in [0, 0.05) is 19.0 Å². The number of rotatable bonds is 4. The van der Waals surface area contributed by atoms with Crippen LogP contribution in [0.1, 0.15) is 33.1 Å². The van der Waals surface area contributed by atoms with Crippen molar-refractivity contribution in [3.8, 4) is 0 Å². The molecule has 0 spiro atoms. The maximum Gasteiger partial charge on any atom is 0.319 e. The molecule has 1 heterocycles. The molecule has 0 aromatic heterocycles. The van der Waals surface area contributed by atoms with E-state index in [1.54, 1.807) is 4.90 Å². The first-order chi connectivity index (χ1) is 9.61. The van der Waals surface area contributed by atoms with Crippen molar-refractivity contribution >= 4 is 23.3 Å². The van der Waals surface area contributed by atoms with Gasteiger partial charge in [0.15, 0.2) is 0 Å². The number of urea groups is 1. The minimum absolute atomic E-state index is 0.113. The Labute approximate surface area is 119 Å². The number of benzene rings is 1. The van der Waals surface area contributed by atoms with Crippen LogP contribution in [0, 0.1) is 0 Å². The van der Waals surface area contributed by atoms with Crippen LogP contribution >= 0.6 is 0 Å². The normalized spacial score (nSPS) is 16.1. The number of hydrogen-bond acceptors (Lipinski definition) is 2. The SMILES string of the molecule is CC[C@@H](C)NC(=O)Nc1ccccc1N1CCCC1=O. The molecule has 0 radical (unpaired) electrons. The topological polar surface area (TPSA) is 61.4 Å². The molecule has 1 aromatic rings. The monoisotopic (exact) mass is 275 g/mol. The van der Waals surface area contributed by atoms with E-state index in [9.17, 15) is 9.59 Å². The second kappa shape index (κ2) is 6.41. The van der Waals surface area contributed by atoms with Crippen molar-refractivity contribution in [2.75, 3.05) is 16.8 Å². The van der Waals surface area contributed by atoms with Gasteiger partial charge in [-0.15, -0.1) is 0 Å². The van der Waals surface area contributed by atoms with E-state index in [1.807, 2.05) is 38.1 Å². The summed E-state index contributed by atoms with van der Waals surface area (Å²) < 4.78 is 0. The number of carbonyl (C=O) groups excluding carboxylic acids is 2. The van der Waals surface area contributed by atoms with E-state index >= 15 is 0 Å². The molecule has 0 bridgehead atoms. The Morgan fingerprint density at radius 2 is 2.15 bits per heavy atom. The zero-order valence-corrected chi connectivity index (χ0v) is 12.0. The molecular weight excluding hydrogens is 254 g/mol. The predicted molar refractivity (Wildman–Crippen MR) is 79.9 cm³/mol. The largest absolute Gasteiger partial charge is 0.335 e. The van der Waals surface area contributed by atoms with Crippen LogP contribution < -0.4 is 15.5 Å². The van der Waals surface area contributed by atoms with Crippen molar-refractivity contribution in [1.29, 1.82) is 0 Å². The molecule has 108 valence electrons. The summed E-state index contributed by atoms with van der Waals surface area (Å²) >= 11 is 0. The van der Waals surface area contributed by atoms with Crippen molar-refractivity contribution < 1.29 is 9.59 Å². The van der Waals surface area contributed by atoms with Crippen molar-refractivity contribution in [3.05, 3.63) is 24.3 Å². The zero-order valence-electron chi connectivity index (χ0n) is 12.0. The lowest BCUT2D eigenvalue weighted by Crippen LogP contribution is -2.36. The van der Waals surface area contributed by atoms with Gasteiger partial charge in [-0.25, -0.2) is 4.79 Å². The van der Waals surface area contributed by atoms with E-state index in [-0.39, 0.29) is 18.0 Å². The van der Waals surface area contributed by atoms with E-state index < -0.39 is 0 Å². The lowest BCUT2D eigenvalue weighted by Gasteiger charge is -2.20. The Hall–Kier alpha value is -2.04. The van der Waals surface area contributed by atoms with Gasteiger partial charge in [-0.3, -0.25) is 4.79 Å². The summed E-state index contributed by atoms with van der Waals surface area (Å²) in [6.07, 6.45) is 2.32. The predicted octanol–water partition coefficient (Wildman–Crippen LogP) is 2.73. The second-order valence-electron chi connectivity index (χ2n) is 5.07. The molecule has 1 aromatic carbocycles. The quantitative estimate of drug-likeness (QED) is 0.887. The van der Waals surface area contributed by atoms with E-state index in [1.165, 1.54) is 0 Å². The van der Waals surface area contributed by atoms with Gasteiger partial charge in [-0.2, -0.15) is 0 Å². The molecule has 2 N–H and O–H groups in total. The summed E-state index contributed by atoms with van der Waals surface area (Å²) in [5.41, 5.74) is 1.44. The third-order valence-corrected chi connectivity index (χ3v) is 3.51. The van der Waals surface area contributed by atoms with Crippen molar-refractivity contribution in [2.24, 2.45) is 0 Å². The Morgan fingerprint density at radius 1 is 1.40 bits per heavy atom. The van der Waals surface area contributed by atoms with Crippen LogP contribution in [-0.2, 0) is 4.79 Å². The highest BCUT2D eigenvalue weighted by molar-refractivity contribution is 6.01. The average molecular weight is 275 g/mol. The van der Waals surface area contributed by atoms with Crippen LogP contribution in [0.25, 0.3) is 0 Å². The fraction of sp³-hybridized carbons (Fsp3) is 0.467. The first-order valence-corrected chi connectivity index (χ1v) is 7.08. The Morgan fingerprint density at radius 3 is 2.80 bits per heavy atom. The Kier molecular flexibility index (Phi) is 4.61. The fourth-order valence-electron chi connectivity index (χ4n) is 2.20. The molecular formula is C15H21N3O2. The van der Waals surface area contributed by atoms with E-state index in [0.717, 1.165) is 18.5 Å². The minimum Gasteiger partial charge on any atom is -0.335 e. The van der Waals surface area contributed by atoms with Crippen LogP contribution in [0.3, 0.4) is 0 Å². The molecule has 1 saturated heterocycles. The number of anilines is 2. The molecule has 5 heteroatoms. The maximum atomic E-state index is 11.9. The highest BCUT2D eigenvalue weighted by Crippen LogP contribution is 2.29. The van der Waals surface area contributed by atoms with Crippen molar-refractivity contribution in [3.63, 3.8) is 0 Å². The molecule has 3 amide bonds. The number of carbonyl (C=O) groups is 2. The Bertz CT molecular complexity index is 502. The number of nitrogens with one attached hydrogen (secondary N) is 2. The summed E-state index contributed by atoms with van der Waals surface area (Å²) in [6.45, 7) is 4.68. The summed E-state index contributed by atoms with van der Waals surface area (Å²) in [7, 11) is 0. The smallest absolute Gasteiger partial charge is 0.319 e. The summed E-state index contributed by atoms with van der Waals surface area (Å²) in [4.78, 5) is 25.5. The molecule has 20 heavy (non-hydrogen) atoms. The first kappa shape index (κ1) is 14.4. The highest BCUT2D eigenvalue weighted by atomic mass is 16.2. The van der Waals surface area contributed by atoms with Crippen LogP contribution in [0.4, 0.5) is 16.2 Å². The molecule has 0 unspecified atom stereocenters. The summed E-state index contributed by atoms with van der Waals surface area (Å²) in [5.74, 6) is 0.113. The summed E-state index contributed by atoms with van der Waals surface area (Å²) in [6, 6.07) is 7.29. The van der Waals surface area contributed by atoms with Gasteiger partial charge in [-0.1, -0.05) is 19.1 Å². The molecule has 1 aliphatic rings. The number of amides is 3. The van der Waals surface area contributed by atoms with Gasteiger partial charge in [-0.05, 0) is 31.9 Å². The van der Waals surface area contributed by atoms with Crippen LogP contribution in [-0.4, -0.2) is 24.5 Å². The molecule has 1 atom stereocenters. The molecule has 0 aliphatic carbocycles. The fourth-order valence-corrected chi connectivity index (χ4v) is 2.20. The van der Waals surface area contributed by atoms with Gasteiger partial charge < -0.3 is 15.5 Å². The molecule has 5 nitrogen and oxygen atoms in total. The third kappa shape index (κ3) is 3.29. The molecule has 1 aliphatic heterocycles. The van der Waals surface area contributed by atoms with E-state index in [0.29, 0.717) is 18.7 Å². The Balaban J connectivity index is 2.12. The lowest BCUT2D eigenvalue weighted by atomic mass is 10.2. The van der Waals surface area contributed by atoms with Gasteiger partial charge >= 0.3 is 6.03 Å². The van der Waals surface area contributed by atoms with E-state index in [4.69, 9.17) is 0 Å². The van der Waals surface area contributed by atoms with Crippen LogP contribution in [0.15, 0.2) is 24.3 Å². The first-order valence-electron chi connectivity index (χ1n) is 7.08. The molecule has 0 saturated carbocycles. The van der Waals surface area contributed by atoms with Crippen molar-refractivity contribution in [1.82, 2.24) is 5.32 Å². The molecule has 1 fully saturated rings. The number of hydrogen-bond donors (Lipinski definition) is 2. The third-order valence-electron chi connectivity index (χ3n) is 3.51. The standard InChI is InChI=1S/C15H21N3O2/c1-3-11(2)16-15(20)17-12-7-4-5-8-13(12)18-10-6-9-14(18)19/h4-5,7-8,11H,3,6,9-10H2,1-2H3,(H2,16,17,20)/t11-/m1/s1. The number of para-hydroxylation sites is 2. The van der Waals surface area contributed by atoms with Gasteiger partial charge in [0.25, 0.3) is 0 Å². The van der Waals surface area contributed by atoms with Crippen LogP contribution in [0.5, 0.6) is 0 Å². The lowest BCUT2D eigenvalue weighted by molar-refractivity contribution is -0.117. The minimum atomic E-state index is -0.238. The average Bonchev–Trinajstić information content (AvgIpc) is 2.85. The van der Waals surface area contributed by atoms with E-state index in [2.05, 4.69) is 10.6 Å². The molecule has 2 rings (SSSR count). The zero-order chi connectivity index (χ0) is 14.5. The van der Waals surface area contributed by atoms with Gasteiger partial charge in [0.2, 0.25) is 5.91 Å². The number of nitrogens with zero attached hydrogens (tertiary/aromatic N) is 1. The second-order valence-corrected chi connectivity index (χ2v) is 5.07. The van der Waals surface area contributed by atoms with Gasteiger partial charge in [0.1, 0.15) is 0 Å². The maximum absolute atomic E-state index is 11.9. The summed E-state index contributed by atoms with van der Waals surface area (Å²) in [5, 5.41) is 5.68. The van der Waals surface area contributed by atoms with Crippen molar-refractivity contribution in [2.45, 2.75) is 39.2 Å². The highest BCUT2D eigenvalue weighted by Gasteiger charge is 2.24.